The summed E-state index contributed by atoms with van der Waals surface area (Å²) in [6, 6.07) is 8.01. The Morgan fingerprint density at radius 1 is 1.21 bits per heavy atom. The number of anilines is 1. The van der Waals surface area contributed by atoms with Crippen molar-refractivity contribution in [3.63, 3.8) is 0 Å². The summed E-state index contributed by atoms with van der Waals surface area (Å²) in [6.07, 6.45) is 10.1. The van der Waals surface area contributed by atoms with Crippen LogP contribution in [0, 0.1) is 0 Å². The van der Waals surface area contributed by atoms with Crippen LogP contribution in [-0.2, 0) is 16.6 Å². The number of nitrogens with one attached hydrogen (secondary N) is 2. The molecule has 1 atom stereocenters. The van der Waals surface area contributed by atoms with Crippen LogP contribution in [0.5, 0.6) is 0 Å². The van der Waals surface area contributed by atoms with Gasteiger partial charge in [-0.15, -0.1) is 0 Å². The monoisotopic (exact) mass is 528 g/mol. The number of carbonyl (C=O) groups excluding carboxylic acids is 1. The molecule has 0 aliphatic heterocycles. The molecule has 1 amide bonds. The molecule has 0 radical (unpaired) electrons. The minimum absolute atomic E-state index is 0.294. The highest BCUT2D eigenvalue weighted by Crippen LogP contribution is 2.26. The summed E-state index contributed by atoms with van der Waals surface area (Å²) in [4.78, 5) is 25.6. The molecular weight excluding hydrogens is 492 g/mol. The van der Waals surface area contributed by atoms with Crippen molar-refractivity contribution in [2.75, 3.05) is 46.2 Å². The van der Waals surface area contributed by atoms with Gasteiger partial charge in [0.1, 0.15) is 18.2 Å². The van der Waals surface area contributed by atoms with Crippen molar-refractivity contribution in [3.05, 3.63) is 84.8 Å². The van der Waals surface area contributed by atoms with E-state index in [4.69, 9.17) is 4.74 Å². The molecule has 39 heavy (non-hydrogen) atoms. The van der Waals surface area contributed by atoms with Gasteiger partial charge in [-0.05, 0) is 57.5 Å². The van der Waals surface area contributed by atoms with Crippen molar-refractivity contribution in [1.29, 1.82) is 0 Å². The third-order valence-corrected chi connectivity index (χ3v) is 6.38. The summed E-state index contributed by atoms with van der Waals surface area (Å²) >= 11 is 0. The Kier molecular flexibility index (Phi) is 8.90. The first-order chi connectivity index (χ1) is 18.8. The summed E-state index contributed by atoms with van der Waals surface area (Å²) in [6.45, 7) is 7.70. The van der Waals surface area contributed by atoms with E-state index >= 15 is 0 Å². The number of hydrogen-bond donors (Lipinski definition) is 2. The molecule has 1 unspecified atom stereocenters. The Hall–Kier alpha value is -4.28. The molecule has 0 saturated heterocycles. The highest BCUT2D eigenvalue weighted by molar-refractivity contribution is 5.89. The largest absolute Gasteiger partial charge is 0.372 e. The zero-order valence-corrected chi connectivity index (χ0v) is 23.2. The van der Waals surface area contributed by atoms with E-state index in [0.717, 1.165) is 46.6 Å². The third kappa shape index (κ3) is 6.78. The van der Waals surface area contributed by atoms with Crippen molar-refractivity contribution in [3.8, 4) is 11.3 Å². The van der Waals surface area contributed by atoms with Crippen LogP contribution in [-0.4, -0.2) is 82.4 Å². The van der Waals surface area contributed by atoms with Crippen LogP contribution in [0.1, 0.15) is 6.92 Å². The molecule has 0 fully saturated rings. The highest BCUT2D eigenvalue weighted by atomic mass is 16.5. The highest BCUT2D eigenvalue weighted by Gasteiger charge is 2.21. The number of hydrogen-bond acceptors (Lipinski definition) is 8. The Bertz CT molecular complexity index is 1440. The van der Waals surface area contributed by atoms with Gasteiger partial charge in [0.2, 0.25) is 5.91 Å². The van der Waals surface area contributed by atoms with Gasteiger partial charge in [-0.2, -0.15) is 5.10 Å². The van der Waals surface area contributed by atoms with Gasteiger partial charge in [0.05, 0.1) is 34.5 Å². The maximum Gasteiger partial charge on any atom is 0.247 e. The molecule has 2 N–H and O–H groups in total. The fourth-order valence-corrected chi connectivity index (χ4v) is 4.26. The smallest absolute Gasteiger partial charge is 0.247 e. The first kappa shape index (κ1) is 27.7. The van der Waals surface area contributed by atoms with Gasteiger partial charge in [0.25, 0.3) is 0 Å². The van der Waals surface area contributed by atoms with Gasteiger partial charge in [-0.1, -0.05) is 12.6 Å². The van der Waals surface area contributed by atoms with E-state index in [0.29, 0.717) is 18.1 Å². The average Bonchev–Trinajstić information content (AvgIpc) is 3.22. The Labute approximate surface area is 229 Å². The molecule has 2 aromatic heterocycles. The zero-order valence-electron chi connectivity index (χ0n) is 23.2. The average molecular weight is 529 g/mol. The van der Waals surface area contributed by atoms with Gasteiger partial charge in [0.15, 0.2) is 0 Å². The predicted molar refractivity (Wildman–Crippen MR) is 155 cm³/mol. The predicted octanol–water partition coefficient (Wildman–Crippen LogP) is 3.31. The van der Waals surface area contributed by atoms with Crippen LogP contribution < -0.4 is 10.6 Å². The summed E-state index contributed by atoms with van der Waals surface area (Å²) in [7, 11) is 7.98. The molecular formula is C29H36N8O2. The van der Waals surface area contributed by atoms with E-state index in [1.165, 1.54) is 12.4 Å². The fourth-order valence-electron chi connectivity index (χ4n) is 4.26. The lowest BCUT2D eigenvalue weighted by atomic mass is 10.1. The SMILES string of the molecule is C=CC(=O)NC1=C(N(C)CCN(C)C)C=CC(OCC)C(Nc2cc(-c3ccc4c(cnn4C)c3)ncn2)=C1. The van der Waals surface area contributed by atoms with Crippen molar-refractivity contribution >= 4 is 22.6 Å². The number of benzene rings is 1. The molecule has 3 aromatic rings. The lowest BCUT2D eigenvalue weighted by Crippen LogP contribution is -2.31. The fraction of sp³-hybridized carbons (Fsp3) is 0.310. The summed E-state index contributed by atoms with van der Waals surface area (Å²) in [5.41, 5.74) is 5.01. The second-order valence-electron chi connectivity index (χ2n) is 9.51. The second kappa shape index (κ2) is 12.5. The second-order valence-corrected chi connectivity index (χ2v) is 9.51. The standard InChI is InChI=1S/C29H36N8O2/c1-7-29(38)34-23-16-24(27(39-8-2)12-11-26(23)36(5)14-13-35(3)4)33-28-17-22(30-19-31-28)20-9-10-25-21(15-20)18-32-37(25)6/h7,9-12,15-19,27H,1,8,13-14H2,2-6H3,(H,34,38)(H,30,31,33). The number of carbonyl (C=O) groups is 1. The molecule has 10 nitrogen and oxygen atoms in total. The quantitative estimate of drug-likeness (QED) is 0.366. The van der Waals surface area contributed by atoms with Gasteiger partial charge in [-0.25, -0.2) is 9.97 Å². The summed E-state index contributed by atoms with van der Waals surface area (Å²) in [5.74, 6) is 0.312. The molecule has 1 aliphatic rings. The number of amides is 1. The first-order valence-corrected chi connectivity index (χ1v) is 12.8. The van der Waals surface area contributed by atoms with E-state index in [9.17, 15) is 4.79 Å². The van der Waals surface area contributed by atoms with Crippen molar-refractivity contribution < 1.29 is 9.53 Å². The summed E-state index contributed by atoms with van der Waals surface area (Å²) in [5, 5.41) is 11.7. The number of allylic oxidation sites excluding steroid dienone is 2. The minimum Gasteiger partial charge on any atom is -0.372 e. The van der Waals surface area contributed by atoms with Crippen LogP contribution >= 0.6 is 0 Å². The normalized spacial score (nSPS) is 15.3. The molecule has 0 spiro atoms. The number of fused-ring (bicyclic) bond motifs is 1. The van der Waals surface area contributed by atoms with Crippen LogP contribution in [0.3, 0.4) is 0 Å². The number of nitrogens with zero attached hydrogens (tertiary/aromatic N) is 6. The van der Waals surface area contributed by atoms with Gasteiger partial charge >= 0.3 is 0 Å². The minimum atomic E-state index is -0.379. The number of rotatable bonds is 11. The van der Waals surface area contributed by atoms with Crippen molar-refractivity contribution in [2.24, 2.45) is 7.05 Å². The maximum absolute atomic E-state index is 12.4. The molecule has 2 heterocycles. The van der Waals surface area contributed by atoms with E-state index in [1.807, 2.05) is 82.4 Å². The zero-order chi connectivity index (χ0) is 27.9. The molecule has 10 heteroatoms. The molecule has 204 valence electrons. The van der Waals surface area contributed by atoms with Gasteiger partial charge < -0.3 is 25.2 Å². The van der Waals surface area contributed by atoms with E-state index in [2.05, 4.69) is 48.1 Å². The Balaban J connectivity index is 1.69. The van der Waals surface area contributed by atoms with E-state index < -0.39 is 0 Å². The number of aromatic nitrogens is 4. The molecule has 1 aromatic carbocycles. The van der Waals surface area contributed by atoms with Crippen LogP contribution in [0.15, 0.2) is 84.8 Å². The van der Waals surface area contributed by atoms with Gasteiger partial charge in [-0.3, -0.25) is 9.48 Å². The number of aryl methyl sites for hydroxylation is 1. The number of ether oxygens (including phenoxy) is 1. The Morgan fingerprint density at radius 3 is 2.77 bits per heavy atom. The summed E-state index contributed by atoms with van der Waals surface area (Å²) < 4.78 is 7.90. The van der Waals surface area contributed by atoms with Crippen molar-refractivity contribution in [1.82, 2.24) is 34.9 Å². The first-order valence-electron chi connectivity index (χ1n) is 12.8. The van der Waals surface area contributed by atoms with Crippen molar-refractivity contribution in [2.45, 2.75) is 13.0 Å². The van der Waals surface area contributed by atoms with Crippen LogP contribution in [0.2, 0.25) is 0 Å². The lowest BCUT2D eigenvalue weighted by Gasteiger charge is -2.24. The van der Waals surface area contributed by atoms with Gasteiger partial charge in [0, 0.05) is 50.8 Å². The third-order valence-electron chi connectivity index (χ3n) is 6.38. The maximum atomic E-state index is 12.4. The molecule has 4 rings (SSSR count). The van der Waals surface area contributed by atoms with E-state index in [1.54, 1.807) is 0 Å². The molecule has 0 saturated carbocycles. The molecule has 0 bridgehead atoms. The topological polar surface area (TPSA) is 100 Å². The van der Waals surface area contributed by atoms with Crippen LogP contribution in [0.4, 0.5) is 5.82 Å². The van der Waals surface area contributed by atoms with Crippen LogP contribution in [0.25, 0.3) is 22.2 Å². The van der Waals surface area contributed by atoms with E-state index in [-0.39, 0.29) is 12.0 Å². The lowest BCUT2D eigenvalue weighted by molar-refractivity contribution is -0.115. The molecule has 1 aliphatic carbocycles. The number of likely N-dealkylation sites (N-methyl/N-ethyl adjacent to an activating group) is 2. The Morgan fingerprint density at radius 2 is 2.03 bits per heavy atom.